The number of aromatic nitrogens is 1. The van der Waals surface area contributed by atoms with Gasteiger partial charge in [0.25, 0.3) is 0 Å². The first-order chi connectivity index (χ1) is 15.8. The zero-order valence-corrected chi connectivity index (χ0v) is 21.2. The van der Waals surface area contributed by atoms with Crippen molar-refractivity contribution in [2.45, 2.75) is 91.0 Å². The molecule has 0 unspecified atom stereocenters. The molecule has 4 amide bonds. The molecule has 1 aromatic rings. The normalized spacial score (nSPS) is 23.1. The second-order valence-electron chi connectivity index (χ2n) is 11.4. The molecule has 0 bridgehead atoms. The minimum atomic E-state index is -0.710. The van der Waals surface area contributed by atoms with E-state index in [1.54, 1.807) is 37.9 Å². The van der Waals surface area contributed by atoms with Gasteiger partial charge in [-0.1, -0.05) is 19.8 Å². The van der Waals surface area contributed by atoms with Crippen molar-refractivity contribution in [1.29, 1.82) is 0 Å². The van der Waals surface area contributed by atoms with E-state index < -0.39 is 17.7 Å². The molecule has 1 aromatic heterocycles. The molecule has 0 spiro atoms. The fourth-order valence-electron chi connectivity index (χ4n) is 4.60. The highest BCUT2D eigenvalue weighted by Crippen LogP contribution is 2.31. The molecule has 2 heterocycles. The highest BCUT2D eigenvalue weighted by atomic mass is 16.6. The topological polar surface area (TPSA) is 113 Å². The van der Waals surface area contributed by atoms with Gasteiger partial charge in [0, 0.05) is 19.3 Å². The molecule has 3 rings (SSSR count). The summed E-state index contributed by atoms with van der Waals surface area (Å²) in [5.74, 6) is 0.728. The number of pyridine rings is 1. The number of amides is 4. The molecule has 2 aliphatic rings. The Hall–Kier alpha value is -2.84. The number of anilines is 1. The molecule has 1 aliphatic carbocycles. The monoisotopic (exact) mass is 473 g/mol. The van der Waals surface area contributed by atoms with Crippen molar-refractivity contribution in [3.05, 3.63) is 23.9 Å². The van der Waals surface area contributed by atoms with Crippen LogP contribution in [0.3, 0.4) is 0 Å². The van der Waals surface area contributed by atoms with Crippen molar-refractivity contribution in [3.63, 3.8) is 0 Å². The highest BCUT2D eigenvalue weighted by Gasteiger charge is 2.35. The molecule has 1 atom stereocenters. The summed E-state index contributed by atoms with van der Waals surface area (Å²) in [7, 11) is 0. The molecule has 1 saturated heterocycles. The number of nitrogens with one attached hydrogen (secondary N) is 3. The molecular formula is C25H39N5O4. The van der Waals surface area contributed by atoms with E-state index in [-0.39, 0.29) is 23.4 Å². The summed E-state index contributed by atoms with van der Waals surface area (Å²) in [6.45, 7) is 12.6. The predicted octanol–water partition coefficient (Wildman–Crippen LogP) is 4.04. The van der Waals surface area contributed by atoms with Gasteiger partial charge >= 0.3 is 12.1 Å². The van der Waals surface area contributed by atoms with Crippen LogP contribution in [0.1, 0.15) is 72.8 Å². The Morgan fingerprint density at radius 2 is 1.94 bits per heavy atom. The van der Waals surface area contributed by atoms with Gasteiger partial charge in [0.2, 0.25) is 5.91 Å². The van der Waals surface area contributed by atoms with Gasteiger partial charge in [-0.2, -0.15) is 0 Å². The number of ether oxygens (including phenoxy) is 1. The van der Waals surface area contributed by atoms with Crippen molar-refractivity contribution < 1.29 is 19.1 Å². The Balaban J connectivity index is 1.69. The van der Waals surface area contributed by atoms with Crippen molar-refractivity contribution in [3.8, 4) is 0 Å². The van der Waals surface area contributed by atoms with Gasteiger partial charge < -0.3 is 25.6 Å². The molecular weight excluding hydrogens is 434 g/mol. The maximum atomic E-state index is 13.3. The van der Waals surface area contributed by atoms with Crippen LogP contribution in [-0.2, 0) is 16.1 Å². The Morgan fingerprint density at radius 1 is 1.26 bits per heavy atom. The van der Waals surface area contributed by atoms with Crippen molar-refractivity contribution in [2.75, 3.05) is 11.9 Å². The number of urea groups is 1. The quantitative estimate of drug-likeness (QED) is 0.577. The molecule has 0 aromatic carbocycles. The lowest BCUT2D eigenvalue weighted by Gasteiger charge is -2.32. The van der Waals surface area contributed by atoms with Crippen molar-refractivity contribution in [1.82, 2.24) is 20.5 Å². The summed E-state index contributed by atoms with van der Waals surface area (Å²) in [4.78, 5) is 44.0. The van der Waals surface area contributed by atoms with E-state index >= 15 is 0 Å². The van der Waals surface area contributed by atoms with Crippen LogP contribution in [0.2, 0.25) is 0 Å². The van der Waals surface area contributed by atoms with Crippen LogP contribution >= 0.6 is 0 Å². The van der Waals surface area contributed by atoms with Gasteiger partial charge in [0.15, 0.2) is 0 Å². The van der Waals surface area contributed by atoms with Gasteiger partial charge in [0.05, 0.1) is 5.54 Å². The first-order valence-corrected chi connectivity index (χ1v) is 12.1. The van der Waals surface area contributed by atoms with Crippen molar-refractivity contribution in [2.24, 2.45) is 11.8 Å². The third-order valence-electron chi connectivity index (χ3n) is 6.25. The Labute approximate surface area is 202 Å². The molecule has 34 heavy (non-hydrogen) atoms. The molecule has 1 saturated carbocycles. The SMILES string of the molecule is CC1CCC([C@H](NC(=O)OC(C)(C)C)C(=O)Nc2cc(CN3CC(C)(C)NC3=O)ccn2)CC1. The summed E-state index contributed by atoms with van der Waals surface area (Å²) < 4.78 is 5.41. The number of carbonyl (C=O) groups excluding carboxylic acids is 3. The molecule has 2 fully saturated rings. The average molecular weight is 474 g/mol. The van der Waals surface area contributed by atoms with Crippen LogP contribution in [0, 0.1) is 11.8 Å². The minimum Gasteiger partial charge on any atom is -0.444 e. The Kier molecular flexibility index (Phi) is 7.73. The largest absolute Gasteiger partial charge is 0.444 e. The minimum absolute atomic E-state index is 0.0300. The highest BCUT2D eigenvalue weighted by molar-refractivity contribution is 5.96. The Morgan fingerprint density at radius 3 is 2.53 bits per heavy atom. The maximum absolute atomic E-state index is 13.3. The number of alkyl carbamates (subject to hydrolysis) is 1. The number of carbonyl (C=O) groups is 3. The van der Waals surface area contributed by atoms with E-state index in [1.807, 2.05) is 19.9 Å². The van der Waals surface area contributed by atoms with E-state index in [2.05, 4.69) is 27.9 Å². The second kappa shape index (κ2) is 10.2. The lowest BCUT2D eigenvalue weighted by molar-refractivity contribution is -0.119. The lowest BCUT2D eigenvalue weighted by Crippen LogP contribution is -2.50. The first kappa shape index (κ1) is 25.8. The third-order valence-corrected chi connectivity index (χ3v) is 6.25. The van der Waals surface area contributed by atoms with Gasteiger partial charge in [0.1, 0.15) is 17.5 Å². The van der Waals surface area contributed by atoms with Gasteiger partial charge in [-0.05, 0) is 77.0 Å². The van der Waals surface area contributed by atoms with E-state index in [0.29, 0.717) is 24.8 Å². The zero-order chi connectivity index (χ0) is 25.1. The predicted molar refractivity (Wildman–Crippen MR) is 130 cm³/mol. The van der Waals surface area contributed by atoms with Crippen molar-refractivity contribution >= 4 is 23.8 Å². The van der Waals surface area contributed by atoms with Crippen LogP contribution < -0.4 is 16.0 Å². The third kappa shape index (κ3) is 7.33. The van der Waals surface area contributed by atoms with E-state index in [4.69, 9.17) is 4.74 Å². The molecule has 0 radical (unpaired) electrons. The lowest BCUT2D eigenvalue weighted by atomic mass is 9.79. The van der Waals surface area contributed by atoms with Gasteiger partial charge in [-0.3, -0.25) is 4.79 Å². The average Bonchev–Trinajstić information content (AvgIpc) is 2.97. The van der Waals surface area contributed by atoms with Crippen LogP contribution in [0.4, 0.5) is 15.4 Å². The standard InChI is InChI=1S/C25H39N5O4/c1-16-7-9-18(10-8-16)20(28-23(33)34-24(2,3)4)21(31)27-19-13-17(11-12-26-19)14-30-15-25(5,6)29-22(30)32/h11-13,16,18,20H,7-10,14-15H2,1-6H3,(H,28,33)(H,29,32)(H,26,27,31)/t16?,18?,20-/m0/s1. The number of hydrogen-bond acceptors (Lipinski definition) is 5. The number of rotatable bonds is 6. The molecule has 9 nitrogen and oxygen atoms in total. The summed E-state index contributed by atoms with van der Waals surface area (Å²) in [5.41, 5.74) is -0.0705. The molecule has 3 N–H and O–H groups in total. The van der Waals surface area contributed by atoms with Gasteiger partial charge in [-0.15, -0.1) is 0 Å². The molecule has 9 heteroatoms. The summed E-state index contributed by atoms with van der Waals surface area (Å²) in [6, 6.07) is 2.77. The molecule has 1 aliphatic heterocycles. The fourth-order valence-corrected chi connectivity index (χ4v) is 4.60. The second-order valence-corrected chi connectivity index (χ2v) is 11.4. The van der Waals surface area contributed by atoms with E-state index in [1.165, 1.54) is 0 Å². The fraction of sp³-hybridized carbons (Fsp3) is 0.680. The van der Waals surface area contributed by atoms with Crippen LogP contribution in [0.25, 0.3) is 0 Å². The van der Waals surface area contributed by atoms with E-state index in [9.17, 15) is 14.4 Å². The van der Waals surface area contributed by atoms with Crippen LogP contribution in [0.5, 0.6) is 0 Å². The number of nitrogens with zero attached hydrogens (tertiary/aromatic N) is 2. The zero-order valence-electron chi connectivity index (χ0n) is 21.2. The van der Waals surface area contributed by atoms with Gasteiger partial charge in [-0.25, -0.2) is 14.6 Å². The number of hydrogen-bond donors (Lipinski definition) is 3. The Bertz CT molecular complexity index is 903. The smallest absolute Gasteiger partial charge is 0.408 e. The summed E-state index contributed by atoms with van der Waals surface area (Å²) in [5, 5.41) is 8.62. The summed E-state index contributed by atoms with van der Waals surface area (Å²) >= 11 is 0. The van der Waals surface area contributed by atoms with E-state index in [0.717, 1.165) is 31.2 Å². The molecule has 188 valence electrons. The summed E-state index contributed by atoms with van der Waals surface area (Å²) in [6.07, 6.45) is 4.78. The van der Waals surface area contributed by atoms with Crippen LogP contribution in [-0.4, -0.2) is 51.6 Å². The maximum Gasteiger partial charge on any atom is 0.408 e. The first-order valence-electron chi connectivity index (χ1n) is 12.1. The van der Waals surface area contributed by atoms with Crippen LogP contribution in [0.15, 0.2) is 18.3 Å².